The van der Waals surface area contributed by atoms with Crippen LogP contribution in [0.2, 0.25) is 0 Å². The van der Waals surface area contributed by atoms with Crippen LogP contribution in [0.5, 0.6) is 5.75 Å². The molecule has 2 saturated heterocycles. The molecule has 0 spiro atoms. The van der Waals surface area contributed by atoms with E-state index in [4.69, 9.17) is 9.47 Å². The number of sulfonamides is 1. The largest absolute Gasteiger partial charge is 0.496 e. The Bertz CT molecular complexity index is 772. The van der Waals surface area contributed by atoms with E-state index in [9.17, 15) is 13.2 Å². The van der Waals surface area contributed by atoms with E-state index in [2.05, 4.69) is 9.62 Å². The minimum absolute atomic E-state index is 0.0793. The highest BCUT2D eigenvalue weighted by atomic mass is 32.2. The molecule has 2 aliphatic rings. The number of methoxy groups -OCH3 is 1. The van der Waals surface area contributed by atoms with Crippen molar-refractivity contribution in [3.8, 4) is 5.75 Å². The summed E-state index contributed by atoms with van der Waals surface area (Å²) in [7, 11) is -2.22. The number of hydrogen-bond acceptors (Lipinski definition) is 6. The third kappa shape index (κ3) is 5.22. The van der Waals surface area contributed by atoms with Crippen molar-refractivity contribution in [2.45, 2.75) is 24.2 Å². The van der Waals surface area contributed by atoms with E-state index in [0.717, 1.165) is 32.4 Å². The minimum Gasteiger partial charge on any atom is -0.496 e. The van der Waals surface area contributed by atoms with E-state index in [0.29, 0.717) is 50.7 Å². The molecule has 0 aromatic heterocycles. The molecule has 28 heavy (non-hydrogen) atoms. The molecule has 1 amide bonds. The van der Waals surface area contributed by atoms with Gasteiger partial charge in [-0.2, -0.15) is 0 Å². The Morgan fingerprint density at radius 3 is 2.54 bits per heavy atom. The van der Waals surface area contributed by atoms with Crippen LogP contribution in [-0.4, -0.2) is 83.7 Å². The van der Waals surface area contributed by atoms with Crippen molar-refractivity contribution in [1.82, 2.24) is 14.5 Å². The Hall–Kier alpha value is -1.68. The van der Waals surface area contributed by atoms with Crippen LogP contribution in [0, 0.1) is 0 Å². The Labute approximate surface area is 166 Å². The van der Waals surface area contributed by atoms with Gasteiger partial charge in [-0.05, 0) is 37.5 Å². The molecular formula is C19H29N3O5S. The first kappa shape index (κ1) is 21.0. The lowest BCUT2D eigenvalue weighted by Crippen LogP contribution is -2.41. The SMILES string of the molecule is COc1ccc(S(=O)(=O)NCCN2CCOCC2)cc1C(=O)N1CCCCC1. The molecule has 0 saturated carbocycles. The molecule has 8 nitrogen and oxygen atoms in total. The molecule has 1 aromatic carbocycles. The van der Waals surface area contributed by atoms with Crippen molar-refractivity contribution in [3.05, 3.63) is 23.8 Å². The van der Waals surface area contributed by atoms with Crippen LogP contribution in [0.1, 0.15) is 29.6 Å². The molecule has 3 rings (SSSR count). The molecule has 0 atom stereocenters. The number of carbonyl (C=O) groups is 1. The van der Waals surface area contributed by atoms with Crippen molar-refractivity contribution in [2.24, 2.45) is 0 Å². The summed E-state index contributed by atoms with van der Waals surface area (Å²) >= 11 is 0. The summed E-state index contributed by atoms with van der Waals surface area (Å²) < 4.78 is 38.6. The smallest absolute Gasteiger partial charge is 0.257 e. The number of morpholine rings is 1. The number of rotatable bonds is 7. The summed E-state index contributed by atoms with van der Waals surface area (Å²) in [5.41, 5.74) is 0.292. The monoisotopic (exact) mass is 411 g/mol. The van der Waals surface area contributed by atoms with Crippen LogP contribution < -0.4 is 9.46 Å². The van der Waals surface area contributed by atoms with Crippen molar-refractivity contribution >= 4 is 15.9 Å². The number of carbonyl (C=O) groups excluding carboxylic acids is 1. The normalized spacial score (nSPS) is 18.8. The van der Waals surface area contributed by atoms with Crippen LogP contribution in [0.15, 0.2) is 23.1 Å². The fourth-order valence-corrected chi connectivity index (χ4v) is 4.58. The van der Waals surface area contributed by atoms with Crippen LogP contribution in [0.4, 0.5) is 0 Å². The van der Waals surface area contributed by atoms with Gasteiger partial charge in [0, 0.05) is 39.3 Å². The average molecular weight is 412 g/mol. The average Bonchev–Trinajstić information content (AvgIpc) is 2.74. The lowest BCUT2D eigenvalue weighted by atomic mass is 10.1. The summed E-state index contributed by atoms with van der Waals surface area (Å²) in [6.45, 7) is 5.27. The van der Waals surface area contributed by atoms with E-state index >= 15 is 0 Å². The molecule has 0 aliphatic carbocycles. The fraction of sp³-hybridized carbons (Fsp3) is 0.632. The van der Waals surface area contributed by atoms with E-state index in [1.807, 2.05) is 0 Å². The molecular weight excluding hydrogens is 382 g/mol. The van der Waals surface area contributed by atoms with Gasteiger partial charge < -0.3 is 14.4 Å². The highest BCUT2D eigenvalue weighted by Gasteiger charge is 2.24. The standard InChI is InChI=1S/C19H29N3O5S/c1-26-18-6-5-16(15-17(18)19(23)22-8-3-2-4-9-22)28(24,25)20-7-10-21-11-13-27-14-12-21/h5-6,15,20H,2-4,7-14H2,1H3. The topological polar surface area (TPSA) is 88.2 Å². The molecule has 0 bridgehead atoms. The van der Waals surface area contributed by atoms with Crippen LogP contribution in [-0.2, 0) is 14.8 Å². The summed E-state index contributed by atoms with van der Waals surface area (Å²) in [5, 5.41) is 0. The van der Waals surface area contributed by atoms with Crippen LogP contribution in [0.3, 0.4) is 0 Å². The van der Waals surface area contributed by atoms with Gasteiger partial charge in [0.1, 0.15) is 5.75 Å². The summed E-state index contributed by atoms with van der Waals surface area (Å²) in [5.74, 6) is 0.213. The second-order valence-electron chi connectivity index (χ2n) is 7.07. The first-order valence-corrected chi connectivity index (χ1v) is 11.3. The van der Waals surface area contributed by atoms with E-state index in [1.54, 1.807) is 11.0 Å². The molecule has 9 heteroatoms. The first-order valence-electron chi connectivity index (χ1n) is 9.78. The minimum atomic E-state index is -3.71. The number of benzene rings is 1. The van der Waals surface area contributed by atoms with Crippen molar-refractivity contribution in [1.29, 1.82) is 0 Å². The van der Waals surface area contributed by atoms with E-state index < -0.39 is 10.0 Å². The third-order valence-corrected chi connectivity index (χ3v) is 6.64. The number of likely N-dealkylation sites (tertiary alicyclic amines) is 1. The molecule has 1 N–H and O–H groups in total. The number of amides is 1. The predicted molar refractivity (Wildman–Crippen MR) is 105 cm³/mol. The molecule has 2 aliphatic heterocycles. The van der Waals surface area contributed by atoms with E-state index in [1.165, 1.54) is 19.2 Å². The van der Waals surface area contributed by atoms with Gasteiger partial charge in [0.25, 0.3) is 5.91 Å². The van der Waals surface area contributed by atoms with Gasteiger partial charge in [-0.15, -0.1) is 0 Å². The second kappa shape index (κ2) is 9.69. The number of ether oxygens (including phenoxy) is 2. The number of nitrogens with zero attached hydrogens (tertiary/aromatic N) is 2. The highest BCUT2D eigenvalue weighted by Crippen LogP contribution is 2.25. The number of nitrogens with one attached hydrogen (secondary N) is 1. The van der Waals surface area contributed by atoms with Gasteiger partial charge in [0.05, 0.1) is 30.8 Å². The zero-order valence-corrected chi connectivity index (χ0v) is 17.2. The molecule has 2 fully saturated rings. The summed E-state index contributed by atoms with van der Waals surface area (Å²) in [6, 6.07) is 4.45. The van der Waals surface area contributed by atoms with Gasteiger partial charge in [0.15, 0.2) is 0 Å². The maximum Gasteiger partial charge on any atom is 0.257 e. The van der Waals surface area contributed by atoms with E-state index in [-0.39, 0.29) is 10.8 Å². The molecule has 1 aromatic rings. The van der Waals surface area contributed by atoms with Crippen molar-refractivity contribution in [3.63, 3.8) is 0 Å². The van der Waals surface area contributed by atoms with Crippen molar-refractivity contribution < 1.29 is 22.7 Å². The first-order chi connectivity index (χ1) is 13.5. The van der Waals surface area contributed by atoms with Crippen LogP contribution in [0.25, 0.3) is 0 Å². The second-order valence-corrected chi connectivity index (χ2v) is 8.83. The predicted octanol–water partition coefficient (Wildman–Crippen LogP) is 0.932. The molecule has 156 valence electrons. The molecule has 0 radical (unpaired) electrons. The summed E-state index contributed by atoms with van der Waals surface area (Å²) in [4.78, 5) is 16.9. The Morgan fingerprint density at radius 1 is 1.14 bits per heavy atom. The zero-order valence-electron chi connectivity index (χ0n) is 16.4. The van der Waals surface area contributed by atoms with Gasteiger partial charge in [-0.3, -0.25) is 9.69 Å². The number of hydrogen-bond donors (Lipinski definition) is 1. The Balaban J connectivity index is 1.70. The number of piperidine rings is 1. The van der Waals surface area contributed by atoms with Crippen LogP contribution >= 0.6 is 0 Å². The summed E-state index contributed by atoms with van der Waals surface area (Å²) in [6.07, 6.45) is 3.05. The molecule has 2 heterocycles. The van der Waals surface area contributed by atoms with Gasteiger partial charge in [-0.25, -0.2) is 13.1 Å². The quantitative estimate of drug-likeness (QED) is 0.718. The Kier molecular flexibility index (Phi) is 7.28. The van der Waals surface area contributed by atoms with Crippen molar-refractivity contribution in [2.75, 3.05) is 59.6 Å². The van der Waals surface area contributed by atoms with Gasteiger partial charge >= 0.3 is 0 Å². The van der Waals surface area contributed by atoms with Gasteiger partial charge in [-0.1, -0.05) is 0 Å². The highest BCUT2D eigenvalue weighted by molar-refractivity contribution is 7.89. The maximum absolute atomic E-state index is 12.9. The van der Waals surface area contributed by atoms with Gasteiger partial charge in [0.2, 0.25) is 10.0 Å². The Morgan fingerprint density at radius 2 is 1.86 bits per heavy atom. The zero-order chi connectivity index (χ0) is 20.0. The third-order valence-electron chi connectivity index (χ3n) is 5.18. The maximum atomic E-state index is 12.9. The lowest BCUT2D eigenvalue weighted by Gasteiger charge is -2.27. The lowest BCUT2D eigenvalue weighted by molar-refractivity contribution is 0.0390. The molecule has 0 unspecified atom stereocenters. The fourth-order valence-electron chi connectivity index (χ4n) is 3.53.